The van der Waals surface area contributed by atoms with Crippen molar-refractivity contribution in [1.29, 1.82) is 5.26 Å². The van der Waals surface area contributed by atoms with E-state index in [0.29, 0.717) is 47.8 Å². The van der Waals surface area contributed by atoms with Gasteiger partial charge in [0.1, 0.15) is 28.9 Å². The smallest absolute Gasteiger partial charge is 0.144 e. The first-order chi connectivity index (χ1) is 24.2. The third kappa shape index (κ3) is 9.60. The van der Waals surface area contributed by atoms with Crippen molar-refractivity contribution in [2.24, 2.45) is 4.99 Å². The normalized spacial score (nSPS) is 12.9. The average Bonchev–Trinajstić information content (AvgIpc) is 3.10. The van der Waals surface area contributed by atoms with Gasteiger partial charge in [-0.25, -0.2) is 0 Å². The van der Waals surface area contributed by atoms with E-state index in [-0.39, 0.29) is 22.1 Å². The highest BCUT2D eigenvalue weighted by Crippen LogP contribution is 2.47. The molecule has 2 N–H and O–H groups in total. The molecule has 0 unspecified atom stereocenters. The molecule has 4 aromatic carbocycles. The Kier molecular flexibility index (Phi) is 13.1. The molecule has 0 heterocycles. The molecule has 0 saturated carbocycles. The molecule has 0 radical (unpaired) electrons. The highest BCUT2D eigenvalue weighted by atomic mass is 16.5. The van der Waals surface area contributed by atoms with Crippen molar-refractivity contribution in [3.63, 3.8) is 0 Å². The lowest BCUT2D eigenvalue weighted by Gasteiger charge is -2.39. The third-order valence-electron chi connectivity index (χ3n) is 9.36. The number of phenolic OH excluding ortho intramolecular Hbond substituents is 1. The molecular weight excluding hydrogens is 633 g/mol. The van der Waals surface area contributed by atoms with Crippen molar-refractivity contribution in [1.82, 2.24) is 0 Å². The fourth-order valence-electron chi connectivity index (χ4n) is 6.07. The first-order valence-electron chi connectivity index (χ1n) is 18.3. The van der Waals surface area contributed by atoms with Gasteiger partial charge in [-0.1, -0.05) is 117 Å². The van der Waals surface area contributed by atoms with Crippen LogP contribution in [-0.2, 0) is 22.9 Å². The summed E-state index contributed by atoms with van der Waals surface area (Å²) in [6.45, 7) is 18.2. The first kappa shape index (κ1) is 39.2. The lowest BCUT2D eigenvalue weighted by atomic mass is 9.73. The van der Waals surface area contributed by atoms with E-state index in [1.807, 2.05) is 42.5 Å². The summed E-state index contributed by atoms with van der Waals surface area (Å²) >= 11 is 0. The van der Waals surface area contributed by atoms with E-state index in [2.05, 4.69) is 85.7 Å². The molecule has 0 aromatic heterocycles. The number of hydrogen-bond donors (Lipinski definition) is 2. The molecular formula is C45H56N2O4. The highest BCUT2D eigenvalue weighted by molar-refractivity contribution is 5.85. The summed E-state index contributed by atoms with van der Waals surface area (Å²) in [4.78, 5) is 5.15. The number of para-hydroxylation sites is 1. The monoisotopic (exact) mass is 688 g/mol. The van der Waals surface area contributed by atoms with E-state index >= 15 is 0 Å². The number of aromatic hydroxyl groups is 1. The Labute approximate surface area is 305 Å². The van der Waals surface area contributed by atoms with Gasteiger partial charge in [-0.3, -0.25) is 4.99 Å². The van der Waals surface area contributed by atoms with Crippen molar-refractivity contribution in [2.75, 3.05) is 13.2 Å². The lowest BCUT2D eigenvalue weighted by molar-refractivity contribution is 0.0460. The topological polar surface area (TPSA) is 95.1 Å². The van der Waals surface area contributed by atoms with Crippen LogP contribution in [0.2, 0.25) is 0 Å². The number of phenols is 1. The van der Waals surface area contributed by atoms with Gasteiger partial charge >= 0.3 is 0 Å². The molecule has 6 heteroatoms. The average molecular weight is 689 g/mol. The van der Waals surface area contributed by atoms with Crippen molar-refractivity contribution in [2.45, 2.75) is 110 Å². The first-order valence-corrected chi connectivity index (χ1v) is 18.3. The number of hydrogen-bond acceptors (Lipinski definition) is 6. The molecule has 1 atom stereocenters. The van der Waals surface area contributed by atoms with Gasteiger partial charge in [-0.15, -0.1) is 0 Å². The number of benzene rings is 4. The molecule has 0 fully saturated rings. The van der Waals surface area contributed by atoms with E-state index in [9.17, 15) is 15.5 Å². The molecule has 51 heavy (non-hydrogen) atoms. The molecule has 4 aromatic rings. The largest absolute Gasteiger partial charge is 0.506 e. The minimum Gasteiger partial charge on any atom is -0.506 e. The van der Waals surface area contributed by atoms with E-state index in [4.69, 9.17) is 14.5 Å². The predicted octanol–water partition coefficient (Wildman–Crippen LogP) is 10.2. The molecule has 0 aliphatic rings. The zero-order valence-corrected chi connectivity index (χ0v) is 31.8. The van der Waals surface area contributed by atoms with Crippen molar-refractivity contribution < 1.29 is 19.7 Å². The summed E-state index contributed by atoms with van der Waals surface area (Å²) in [5.41, 5.74) is 2.58. The summed E-state index contributed by atoms with van der Waals surface area (Å²) < 4.78 is 13.1. The molecule has 0 aliphatic heterocycles. The Morgan fingerprint density at radius 1 is 0.745 bits per heavy atom. The van der Waals surface area contributed by atoms with Crippen LogP contribution in [0.3, 0.4) is 0 Å². The van der Waals surface area contributed by atoms with Crippen molar-refractivity contribution >= 4 is 6.21 Å². The lowest BCUT2D eigenvalue weighted by Crippen LogP contribution is -2.42. The van der Waals surface area contributed by atoms with Crippen LogP contribution in [0, 0.1) is 11.3 Å². The van der Waals surface area contributed by atoms with Crippen molar-refractivity contribution in [3.8, 4) is 23.3 Å². The van der Waals surface area contributed by atoms with Gasteiger partial charge in [0.05, 0.1) is 24.8 Å². The number of unbranched alkanes of at least 4 members (excludes halogenated alkanes) is 2. The Morgan fingerprint density at radius 2 is 1.27 bits per heavy atom. The maximum absolute atomic E-state index is 14.0. The standard InChI is InChI=1S/C45H56N2O4/c1-9-11-25-50-39-23-21-35(43(3,4)5)28-37(39)45(49,38-29-36(44(6,7)8)22-24-40(38)51-26-12-10-2)41(27-32-17-14-13-15-18-32)47-31-34-20-16-19-33(30-46)42(34)48/h13-24,28-29,31,41,48-49H,9-12,25-27H2,1-8H3/t41-/m1/s1. The summed E-state index contributed by atoms with van der Waals surface area (Å²) in [5, 5.41) is 34.6. The highest BCUT2D eigenvalue weighted by Gasteiger charge is 2.45. The minimum absolute atomic E-state index is 0.151. The van der Waals surface area contributed by atoms with Gasteiger partial charge in [0, 0.05) is 22.9 Å². The number of nitriles is 1. The molecule has 6 nitrogen and oxygen atoms in total. The molecule has 0 saturated heterocycles. The van der Waals surface area contributed by atoms with Crippen LogP contribution in [0.1, 0.15) is 120 Å². The minimum atomic E-state index is -1.78. The van der Waals surface area contributed by atoms with Gasteiger partial charge in [-0.05, 0) is 83.2 Å². The fraction of sp³-hybridized carbons (Fsp3) is 0.422. The summed E-state index contributed by atoms with van der Waals surface area (Å²) in [6, 6.07) is 28.5. The maximum atomic E-state index is 14.0. The predicted molar refractivity (Wildman–Crippen MR) is 208 cm³/mol. The SMILES string of the molecule is CCCCOc1ccc(C(C)(C)C)cc1C(O)(c1cc(C(C)(C)C)ccc1OCCCC)[C@@H](Cc1ccccc1)N=Cc1cccc(C#N)c1O. The van der Waals surface area contributed by atoms with E-state index in [1.165, 1.54) is 0 Å². The number of aliphatic hydroxyl groups is 1. The molecule has 0 amide bonds. The van der Waals surface area contributed by atoms with Crippen LogP contribution in [0.4, 0.5) is 0 Å². The summed E-state index contributed by atoms with van der Waals surface area (Å²) in [5.74, 6) is 1.02. The molecule has 0 spiro atoms. The Hall–Kier alpha value is -4.60. The van der Waals surface area contributed by atoms with Crippen LogP contribution >= 0.6 is 0 Å². The second kappa shape index (κ2) is 17.1. The Balaban J connectivity index is 2.14. The Morgan fingerprint density at radius 3 is 1.75 bits per heavy atom. The van der Waals surface area contributed by atoms with Crippen LogP contribution in [0.15, 0.2) is 89.9 Å². The van der Waals surface area contributed by atoms with Crippen LogP contribution < -0.4 is 9.47 Å². The maximum Gasteiger partial charge on any atom is 0.144 e. The molecule has 0 aliphatic carbocycles. The van der Waals surface area contributed by atoms with E-state index in [0.717, 1.165) is 42.4 Å². The number of ether oxygens (including phenoxy) is 2. The van der Waals surface area contributed by atoms with E-state index in [1.54, 1.807) is 24.4 Å². The van der Waals surface area contributed by atoms with Gasteiger partial charge < -0.3 is 19.7 Å². The third-order valence-corrected chi connectivity index (χ3v) is 9.36. The van der Waals surface area contributed by atoms with Crippen molar-refractivity contribution in [3.05, 3.63) is 124 Å². The Bertz CT molecular complexity index is 1740. The fourth-order valence-corrected chi connectivity index (χ4v) is 6.07. The van der Waals surface area contributed by atoms with E-state index < -0.39 is 11.6 Å². The number of rotatable bonds is 15. The van der Waals surface area contributed by atoms with Gasteiger partial charge in [0.2, 0.25) is 0 Å². The zero-order chi connectivity index (χ0) is 37.2. The summed E-state index contributed by atoms with van der Waals surface area (Å²) in [7, 11) is 0. The van der Waals surface area contributed by atoms with Gasteiger partial charge in [-0.2, -0.15) is 5.26 Å². The summed E-state index contributed by atoms with van der Waals surface area (Å²) in [6.07, 6.45) is 5.59. The number of nitrogens with zero attached hydrogens (tertiary/aromatic N) is 2. The molecule has 0 bridgehead atoms. The van der Waals surface area contributed by atoms with Crippen LogP contribution in [-0.4, -0.2) is 35.7 Å². The second-order valence-electron chi connectivity index (χ2n) is 15.4. The molecule has 270 valence electrons. The van der Waals surface area contributed by atoms with Crippen LogP contribution in [0.25, 0.3) is 0 Å². The quantitative estimate of drug-likeness (QED) is 0.0958. The van der Waals surface area contributed by atoms with Gasteiger partial charge in [0.25, 0.3) is 0 Å². The zero-order valence-electron chi connectivity index (χ0n) is 31.8. The second-order valence-corrected chi connectivity index (χ2v) is 15.4. The van der Waals surface area contributed by atoms with Gasteiger partial charge in [0.15, 0.2) is 0 Å². The number of aliphatic imine (C=N–C) groups is 1. The molecule has 4 rings (SSSR count). The van der Waals surface area contributed by atoms with Crippen LogP contribution in [0.5, 0.6) is 17.2 Å².